The average Bonchev–Trinajstić information content (AvgIpc) is 2.92. The van der Waals surface area contributed by atoms with Crippen LogP contribution in [0.15, 0.2) is 18.2 Å². The lowest BCUT2D eigenvalue weighted by Gasteiger charge is -2.20. The Balaban J connectivity index is 1.78. The maximum absolute atomic E-state index is 13.5. The molecule has 1 aromatic carbocycles. The SMILES string of the molecule is Cc1ccc(C(C)NCC(O)CC2CCCC2)cc1F. The van der Waals surface area contributed by atoms with E-state index in [0.717, 1.165) is 12.0 Å². The van der Waals surface area contributed by atoms with Gasteiger partial charge in [0.15, 0.2) is 0 Å². The van der Waals surface area contributed by atoms with Crippen LogP contribution in [0, 0.1) is 18.7 Å². The molecule has 1 fully saturated rings. The van der Waals surface area contributed by atoms with E-state index < -0.39 is 0 Å². The fraction of sp³-hybridized carbons (Fsp3) is 0.647. The quantitative estimate of drug-likeness (QED) is 0.831. The van der Waals surface area contributed by atoms with Crippen molar-refractivity contribution in [3.05, 3.63) is 35.1 Å². The summed E-state index contributed by atoms with van der Waals surface area (Å²) in [6.07, 6.45) is 5.73. The molecule has 0 aliphatic heterocycles. The largest absolute Gasteiger partial charge is 0.392 e. The number of aryl methyl sites for hydroxylation is 1. The van der Waals surface area contributed by atoms with E-state index in [9.17, 15) is 9.50 Å². The first kappa shape index (κ1) is 15.5. The Kier molecular flexibility index (Phi) is 5.55. The molecular formula is C17H26FNO. The number of halogens is 1. The number of nitrogens with one attached hydrogen (secondary N) is 1. The van der Waals surface area contributed by atoms with Crippen molar-refractivity contribution in [3.63, 3.8) is 0 Å². The fourth-order valence-electron chi connectivity index (χ4n) is 3.02. The Morgan fingerprint density at radius 2 is 2.05 bits per heavy atom. The van der Waals surface area contributed by atoms with Gasteiger partial charge in [0.05, 0.1) is 6.10 Å². The average molecular weight is 279 g/mol. The predicted molar refractivity (Wildman–Crippen MR) is 80.1 cm³/mol. The standard InChI is InChI=1S/C17H26FNO/c1-12-7-8-15(10-17(12)18)13(2)19-11-16(20)9-14-5-3-4-6-14/h7-8,10,13-14,16,19-20H,3-6,9,11H2,1-2H3. The summed E-state index contributed by atoms with van der Waals surface area (Å²) in [6.45, 7) is 4.35. The van der Waals surface area contributed by atoms with E-state index in [0.29, 0.717) is 18.0 Å². The molecule has 0 aromatic heterocycles. The smallest absolute Gasteiger partial charge is 0.126 e. The zero-order valence-corrected chi connectivity index (χ0v) is 12.5. The van der Waals surface area contributed by atoms with Gasteiger partial charge in [-0.2, -0.15) is 0 Å². The summed E-state index contributed by atoms with van der Waals surface area (Å²) in [5.74, 6) is 0.529. The van der Waals surface area contributed by atoms with Crippen molar-refractivity contribution in [3.8, 4) is 0 Å². The Morgan fingerprint density at radius 1 is 1.35 bits per heavy atom. The molecule has 0 heterocycles. The molecule has 1 aliphatic carbocycles. The van der Waals surface area contributed by atoms with Crippen molar-refractivity contribution in [2.75, 3.05) is 6.54 Å². The molecule has 1 saturated carbocycles. The molecule has 1 aromatic rings. The van der Waals surface area contributed by atoms with Crippen molar-refractivity contribution in [2.45, 2.75) is 58.1 Å². The molecule has 1 aliphatic rings. The Hall–Kier alpha value is -0.930. The summed E-state index contributed by atoms with van der Waals surface area (Å²) >= 11 is 0. The van der Waals surface area contributed by atoms with Gasteiger partial charge in [0.1, 0.15) is 5.82 Å². The van der Waals surface area contributed by atoms with Crippen LogP contribution < -0.4 is 5.32 Å². The van der Waals surface area contributed by atoms with Crippen molar-refractivity contribution in [1.29, 1.82) is 0 Å². The van der Waals surface area contributed by atoms with Gasteiger partial charge in [0.25, 0.3) is 0 Å². The third-order valence-electron chi connectivity index (χ3n) is 4.44. The molecular weight excluding hydrogens is 253 g/mol. The highest BCUT2D eigenvalue weighted by molar-refractivity contribution is 5.25. The second kappa shape index (κ2) is 7.19. The van der Waals surface area contributed by atoms with Crippen LogP contribution in [-0.4, -0.2) is 17.8 Å². The summed E-state index contributed by atoms with van der Waals surface area (Å²) in [5.41, 5.74) is 1.60. The van der Waals surface area contributed by atoms with Crippen molar-refractivity contribution < 1.29 is 9.50 Å². The van der Waals surface area contributed by atoms with Gasteiger partial charge < -0.3 is 10.4 Å². The third kappa shape index (κ3) is 4.29. The normalized spacial score (nSPS) is 19.2. The summed E-state index contributed by atoms with van der Waals surface area (Å²) in [6, 6.07) is 5.39. The molecule has 2 nitrogen and oxygen atoms in total. The molecule has 112 valence electrons. The van der Waals surface area contributed by atoms with E-state index in [-0.39, 0.29) is 18.0 Å². The highest BCUT2D eigenvalue weighted by Crippen LogP contribution is 2.28. The molecule has 2 N–H and O–H groups in total. The van der Waals surface area contributed by atoms with Crippen LogP contribution in [0.4, 0.5) is 4.39 Å². The number of aliphatic hydroxyl groups is 1. The predicted octanol–water partition coefficient (Wildman–Crippen LogP) is 3.73. The van der Waals surface area contributed by atoms with E-state index in [1.807, 2.05) is 13.0 Å². The molecule has 0 amide bonds. The Labute approximate surface area is 121 Å². The number of aliphatic hydroxyl groups excluding tert-OH is 1. The van der Waals surface area contributed by atoms with Crippen LogP contribution in [0.1, 0.15) is 56.2 Å². The molecule has 2 unspecified atom stereocenters. The number of benzene rings is 1. The zero-order valence-electron chi connectivity index (χ0n) is 12.5. The van der Waals surface area contributed by atoms with E-state index in [1.165, 1.54) is 25.7 Å². The van der Waals surface area contributed by atoms with Gasteiger partial charge >= 0.3 is 0 Å². The van der Waals surface area contributed by atoms with E-state index >= 15 is 0 Å². The van der Waals surface area contributed by atoms with Crippen molar-refractivity contribution in [2.24, 2.45) is 5.92 Å². The third-order valence-corrected chi connectivity index (χ3v) is 4.44. The number of hydrogen-bond donors (Lipinski definition) is 2. The maximum atomic E-state index is 13.5. The molecule has 3 heteroatoms. The lowest BCUT2D eigenvalue weighted by Crippen LogP contribution is -2.30. The van der Waals surface area contributed by atoms with Crippen LogP contribution in [0.2, 0.25) is 0 Å². The summed E-state index contributed by atoms with van der Waals surface area (Å²) in [4.78, 5) is 0. The van der Waals surface area contributed by atoms with E-state index in [4.69, 9.17) is 0 Å². The summed E-state index contributed by atoms with van der Waals surface area (Å²) < 4.78 is 13.5. The maximum Gasteiger partial charge on any atom is 0.126 e. The topological polar surface area (TPSA) is 32.3 Å². The minimum atomic E-state index is -0.296. The van der Waals surface area contributed by atoms with Crippen LogP contribution >= 0.6 is 0 Å². The van der Waals surface area contributed by atoms with Gasteiger partial charge in [-0.3, -0.25) is 0 Å². The second-order valence-corrected chi connectivity index (χ2v) is 6.18. The first-order valence-corrected chi connectivity index (χ1v) is 7.73. The lowest BCUT2D eigenvalue weighted by atomic mass is 9.99. The molecule has 0 radical (unpaired) electrons. The monoisotopic (exact) mass is 279 g/mol. The zero-order chi connectivity index (χ0) is 14.5. The van der Waals surface area contributed by atoms with Gasteiger partial charge in [-0.15, -0.1) is 0 Å². The van der Waals surface area contributed by atoms with E-state index in [1.54, 1.807) is 19.1 Å². The first-order valence-electron chi connectivity index (χ1n) is 7.73. The molecule has 0 saturated heterocycles. The highest BCUT2D eigenvalue weighted by atomic mass is 19.1. The van der Waals surface area contributed by atoms with Gasteiger partial charge in [-0.1, -0.05) is 37.8 Å². The molecule has 2 atom stereocenters. The first-order chi connectivity index (χ1) is 9.56. The van der Waals surface area contributed by atoms with Crippen molar-refractivity contribution in [1.82, 2.24) is 5.32 Å². The van der Waals surface area contributed by atoms with Gasteiger partial charge in [0, 0.05) is 12.6 Å². The Bertz CT molecular complexity index is 429. The molecule has 2 rings (SSSR count). The second-order valence-electron chi connectivity index (χ2n) is 6.18. The minimum Gasteiger partial charge on any atom is -0.392 e. The van der Waals surface area contributed by atoms with Gasteiger partial charge in [0.2, 0.25) is 0 Å². The van der Waals surface area contributed by atoms with Crippen LogP contribution in [0.5, 0.6) is 0 Å². The van der Waals surface area contributed by atoms with Crippen molar-refractivity contribution >= 4 is 0 Å². The van der Waals surface area contributed by atoms with Gasteiger partial charge in [-0.25, -0.2) is 4.39 Å². The minimum absolute atomic E-state index is 0.0586. The molecule has 0 spiro atoms. The summed E-state index contributed by atoms with van der Waals surface area (Å²) in [5, 5.41) is 13.4. The Morgan fingerprint density at radius 3 is 2.70 bits per heavy atom. The van der Waals surface area contributed by atoms with Crippen LogP contribution in [0.3, 0.4) is 0 Å². The lowest BCUT2D eigenvalue weighted by molar-refractivity contribution is 0.137. The summed E-state index contributed by atoms with van der Waals surface area (Å²) in [7, 11) is 0. The number of hydrogen-bond acceptors (Lipinski definition) is 2. The van der Waals surface area contributed by atoms with Crippen LogP contribution in [0.25, 0.3) is 0 Å². The molecule has 20 heavy (non-hydrogen) atoms. The number of rotatable bonds is 6. The van der Waals surface area contributed by atoms with Crippen LogP contribution in [-0.2, 0) is 0 Å². The van der Waals surface area contributed by atoms with Gasteiger partial charge in [-0.05, 0) is 43.4 Å². The molecule has 0 bridgehead atoms. The highest BCUT2D eigenvalue weighted by Gasteiger charge is 2.19. The fourth-order valence-corrected chi connectivity index (χ4v) is 3.02. The van der Waals surface area contributed by atoms with E-state index in [2.05, 4.69) is 5.32 Å².